The Bertz CT molecular complexity index is 1020. The van der Waals surface area contributed by atoms with Crippen LogP contribution < -0.4 is 10.6 Å². The van der Waals surface area contributed by atoms with E-state index >= 15 is 0 Å². The Labute approximate surface area is 163 Å². The molecule has 0 aliphatic carbocycles. The lowest BCUT2D eigenvalue weighted by atomic mass is 10.1. The average molecular weight is 374 g/mol. The van der Waals surface area contributed by atoms with Gasteiger partial charge in [-0.05, 0) is 49.8 Å². The largest absolute Gasteiger partial charge is 0.355 e. The quantitative estimate of drug-likeness (QED) is 0.671. The third-order valence-corrected chi connectivity index (χ3v) is 4.37. The molecule has 0 atom stereocenters. The first-order chi connectivity index (χ1) is 13.5. The molecule has 28 heavy (non-hydrogen) atoms. The van der Waals surface area contributed by atoms with Crippen LogP contribution in [-0.4, -0.2) is 28.6 Å². The number of nitrogens with zero attached hydrogens (tertiary/aromatic N) is 2. The average Bonchev–Trinajstić information content (AvgIpc) is 3.01. The van der Waals surface area contributed by atoms with Crippen LogP contribution >= 0.6 is 0 Å². The molecule has 0 aliphatic rings. The van der Waals surface area contributed by atoms with Crippen molar-refractivity contribution >= 4 is 23.6 Å². The highest BCUT2D eigenvalue weighted by Crippen LogP contribution is 2.22. The summed E-state index contributed by atoms with van der Waals surface area (Å²) in [5.41, 5.74) is 4.65. The Balaban J connectivity index is 1.72. The van der Waals surface area contributed by atoms with Gasteiger partial charge in [0.05, 0.1) is 22.8 Å². The fourth-order valence-corrected chi connectivity index (χ4v) is 2.87. The normalized spacial score (nSPS) is 10.8. The number of carbonyl (C=O) groups excluding carboxylic acids is 2. The first-order valence-electron chi connectivity index (χ1n) is 8.92. The van der Waals surface area contributed by atoms with Crippen LogP contribution in [0, 0.1) is 13.8 Å². The molecular formula is C22H22N4O2. The molecule has 6 heteroatoms. The molecule has 2 amide bonds. The number of rotatable bonds is 5. The number of aromatic nitrogens is 2. The minimum Gasteiger partial charge on any atom is -0.355 e. The second-order valence-electron chi connectivity index (χ2n) is 6.32. The molecule has 2 N–H and O–H groups in total. The van der Waals surface area contributed by atoms with Crippen molar-refractivity contribution in [2.75, 3.05) is 12.4 Å². The van der Waals surface area contributed by atoms with Gasteiger partial charge in [-0.3, -0.25) is 9.59 Å². The van der Waals surface area contributed by atoms with Gasteiger partial charge in [0.1, 0.15) is 0 Å². The summed E-state index contributed by atoms with van der Waals surface area (Å²) in [4.78, 5) is 23.9. The molecule has 0 fully saturated rings. The van der Waals surface area contributed by atoms with E-state index in [1.165, 1.54) is 6.08 Å². The number of hydrogen-bond acceptors (Lipinski definition) is 3. The van der Waals surface area contributed by atoms with Crippen molar-refractivity contribution in [3.05, 3.63) is 83.2 Å². The highest BCUT2D eigenvalue weighted by atomic mass is 16.2. The molecule has 142 valence electrons. The number of nitrogens with one attached hydrogen (secondary N) is 2. The van der Waals surface area contributed by atoms with Crippen molar-refractivity contribution in [1.82, 2.24) is 15.1 Å². The van der Waals surface area contributed by atoms with E-state index in [1.807, 2.05) is 48.9 Å². The minimum atomic E-state index is -0.241. The number of benzene rings is 2. The van der Waals surface area contributed by atoms with E-state index in [1.54, 1.807) is 37.4 Å². The summed E-state index contributed by atoms with van der Waals surface area (Å²) in [5, 5.41) is 10.0. The zero-order chi connectivity index (χ0) is 20.1. The van der Waals surface area contributed by atoms with Crippen LogP contribution in [-0.2, 0) is 4.79 Å². The first-order valence-corrected chi connectivity index (χ1v) is 8.92. The highest BCUT2D eigenvalue weighted by molar-refractivity contribution is 6.02. The highest BCUT2D eigenvalue weighted by Gasteiger charge is 2.14. The molecule has 1 heterocycles. The number of carbonyl (C=O) groups is 2. The molecule has 0 saturated carbocycles. The lowest BCUT2D eigenvalue weighted by molar-refractivity contribution is -0.111. The molecule has 3 rings (SSSR count). The molecule has 0 spiro atoms. The zero-order valence-corrected chi connectivity index (χ0v) is 16.1. The van der Waals surface area contributed by atoms with Crippen molar-refractivity contribution in [3.8, 4) is 5.69 Å². The van der Waals surface area contributed by atoms with E-state index < -0.39 is 0 Å². The van der Waals surface area contributed by atoms with Crippen molar-refractivity contribution in [2.45, 2.75) is 13.8 Å². The molecule has 0 unspecified atom stereocenters. The molecule has 0 aliphatic heterocycles. The smallest absolute Gasteiger partial charge is 0.251 e. The number of hydrogen-bond donors (Lipinski definition) is 2. The van der Waals surface area contributed by atoms with Gasteiger partial charge in [0.25, 0.3) is 5.91 Å². The monoisotopic (exact) mass is 374 g/mol. The standard InChI is InChI=1S/C22H22N4O2/c1-15-21(16(2)26(25-15)19-7-5-4-6-8-19)24-20(27)14-11-17-9-12-18(13-10-17)22(28)23-3/h4-14H,1-3H3,(H,23,28)(H,24,27)/b14-11+. The Morgan fingerprint density at radius 3 is 2.32 bits per heavy atom. The van der Waals surface area contributed by atoms with Gasteiger partial charge in [-0.1, -0.05) is 30.3 Å². The molecule has 6 nitrogen and oxygen atoms in total. The molecule has 0 saturated heterocycles. The maximum atomic E-state index is 12.4. The van der Waals surface area contributed by atoms with Crippen LogP contribution in [0.15, 0.2) is 60.7 Å². The predicted octanol–water partition coefficient (Wildman–Crippen LogP) is 3.50. The number of para-hydroxylation sites is 1. The SMILES string of the molecule is CNC(=O)c1ccc(/C=C/C(=O)Nc2c(C)nn(-c3ccccc3)c2C)cc1. The Kier molecular flexibility index (Phi) is 5.69. The van der Waals surface area contributed by atoms with Crippen LogP contribution in [0.3, 0.4) is 0 Å². The second-order valence-corrected chi connectivity index (χ2v) is 6.32. The van der Waals surface area contributed by atoms with Gasteiger partial charge in [-0.25, -0.2) is 4.68 Å². The van der Waals surface area contributed by atoms with Crippen LogP contribution in [0.5, 0.6) is 0 Å². The minimum absolute atomic E-state index is 0.144. The summed E-state index contributed by atoms with van der Waals surface area (Å²) in [5.74, 6) is -0.385. The number of aryl methyl sites for hydroxylation is 1. The second kappa shape index (κ2) is 8.35. The maximum absolute atomic E-state index is 12.4. The third kappa shape index (κ3) is 4.17. The van der Waals surface area contributed by atoms with Gasteiger partial charge in [0.2, 0.25) is 5.91 Å². The Morgan fingerprint density at radius 1 is 1.00 bits per heavy atom. The summed E-state index contributed by atoms with van der Waals surface area (Å²) >= 11 is 0. The Morgan fingerprint density at radius 2 is 1.68 bits per heavy atom. The topological polar surface area (TPSA) is 76.0 Å². The summed E-state index contributed by atoms with van der Waals surface area (Å²) in [6, 6.07) is 16.8. The van der Waals surface area contributed by atoms with E-state index in [0.717, 1.165) is 22.6 Å². The maximum Gasteiger partial charge on any atom is 0.251 e. The number of anilines is 1. The van der Waals surface area contributed by atoms with Crippen LogP contribution in [0.1, 0.15) is 27.3 Å². The van der Waals surface area contributed by atoms with Crippen molar-refractivity contribution in [3.63, 3.8) is 0 Å². The Hall–Kier alpha value is -3.67. The van der Waals surface area contributed by atoms with E-state index in [4.69, 9.17) is 0 Å². The van der Waals surface area contributed by atoms with Crippen molar-refractivity contribution in [2.24, 2.45) is 0 Å². The third-order valence-electron chi connectivity index (χ3n) is 4.37. The molecule has 0 bridgehead atoms. The van der Waals surface area contributed by atoms with E-state index in [0.29, 0.717) is 11.3 Å². The predicted molar refractivity (Wildman–Crippen MR) is 111 cm³/mol. The van der Waals surface area contributed by atoms with Crippen molar-refractivity contribution in [1.29, 1.82) is 0 Å². The van der Waals surface area contributed by atoms with E-state index in [-0.39, 0.29) is 11.8 Å². The lowest BCUT2D eigenvalue weighted by Gasteiger charge is -2.05. The van der Waals surface area contributed by atoms with E-state index in [2.05, 4.69) is 15.7 Å². The molecule has 3 aromatic rings. The van der Waals surface area contributed by atoms with Crippen LogP contribution in [0.2, 0.25) is 0 Å². The molecule has 1 aromatic heterocycles. The van der Waals surface area contributed by atoms with Crippen LogP contribution in [0.4, 0.5) is 5.69 Å². The van der Waals surface area contributed by atoms with Gasteiger partial charge in [0.15, 0.2) is 0 Å². The van der Waals surface area contributed by atoms with Gasteiger partial charge >= 0.3 is 0 Å². The first kappa shape index (κ1) is 19.1. The fourth-order valence-electron chi connectivity index (χ4n) is 2.87. The summed E-state index contributed by atoms with van der Waals surface area (Å²) in [7, 11) is 1.59. The summed E-state index contributed by atoms with van der Waals surface area (Å²) in [6.07, 6.45) is 3.17. The molecular weight excluding hydrogens is 352 g/mol. The van der Waals surface area contributed by atoms with Gasteiger partial charge < -0.3 is 10.6 Å². The van der Waals surface area contributed by atoms with Crippen LogP contribution in [0.25, 0.3) is 11.8 Å². The van der Waals surface area contributed by atoms with Gasteiger partial charge in [0, 0.05) is 18.7 Å². The van der Waals surface area contributed by atoms with E-state index in [9.17, 15) is 9.59 Å². The molecule has 2 aromatic carbocycles. The summed E-state index contributed by atoms with van der Waals surface area (Å²) < 4.78 is 1.81. The fraction of sp³-hybridized carbons (Fsp3) is 0.136. The lowest BCUT2D eigenvalue weighted by Crippen LogP contribution is -2.17. The number of amides is 2. The molecule has 0 radical (unpaired) electrons. The van der Waals surface area contributed by atoms with Gasteiger partial charge in [-0.2, -0.15) is 5.10 Å². The summed E-state index contributed by atoms with van der Waals surface area (Å²) in [6.45, 7) is 3.78. The van der Waals surface area contributed by atoms with Crippen molar-refractivity contribution < 1.29 is 9.59 Å². The van der Waals surface area contributed by atoms with Gasteiger partial charge in [-0.15, -0.1) is 0 Å². The zero-order valence-electron chi connectivity index (χ0n) is 16.1.